The molecular formula is C6H17CaMgO10P. The maximum Gasteiger partial charge on any atom is 2.00 e. The first-order valence-corrected chi connectivity index (χ1v) is 5.92. The first-order valence-electron chi connectivity index (χ1n) is 4.39. The fraction of sp³-hybridized carbons (Fsp3) is 1.00. The van der Waals surface area contributed by atoms with Crippen molar-refractivity contribution in [3.8, 4) is 0 Å². The fourth-order valence-corrected chi connectivity index (χ4v) is 2.14. The van der Waals surface area contributed by atoms with Crippen molar-refractivity contribution in [1.82, 2.24) is 0 Å². The Morgan fingerprint density at radius 2 is 1.26 bits per heavy atom. The van der Waals surface area contributed by atoms with Crippen LogP contribution in [-0.4, -0.2) is 138 Å². The van der Waals surface area contributed by atoms with Crippen LogP contribution in [0.15, 0.2) is 0 Å². The molecule has 19 heavy (non-hydrogen) atoms. The molecule has 6 atom stereocenters. The minimum atomic E-state index is -5.32. The van der Waals surface area contributed by atoms with Gasteiger partial charge in [0.2, 0.25) is 5.79 Å². The summed E-state index contributed by atoms with van der Waals surface area (Å²) in [6, 6.07) is 0. The summed E-state index contributed by atoms with van der Waals surface area (Å²) in [4.78, 5) is 17.0. The second-order valence-electron chi connectivity index (χ2n) is 3.70. The van der Waals surface area contributed by atoms with E-state index in [1.807, 2.05) is 0 Å². The average Bonchev–Trinajstić information content (AvgIpc) is 2.19. The van der Waals surface area contributed by atoms with Crippen LogP contribution in [0.1, 0.15) is 5.71 Å². The third kappa shape index (κ3) is 4.95. The van der Waals surface area contributed by atoms with Gasteiger partial charge >= 0.3 is 68.6 Å². The zero-order valence-corrected chi connectivity index (χ0v) is 14.2. The smallest absolute Gasteiger partial charge is 1.00 e. The second kappa shape index (κ2) is 7.95. The average molecular weight is 345 g/mol. The zero-order valence-electron chi connectivity index (χ0n) is 13.6. The Labute approximate surface area is 159 Å². The van der Waals surface area contributed by atoms with Gasteiger partial charge < -0.3 is 46.1 Å². The maximum atomic E-state index is 10.6. The largest absolute Gasteiger partial charge is 2.00 e. The Morgan fingerprint density at radius 1 is 0.947 bits per heavy atom. The summed E-state index contributed by atoms with van der Waals surface area (Å²) in [6.07, 6.45) is -11.2. The van der Waals surface area contributed by atoms with Crippen LogP contribution in [0.5, 0.6) is 0 Å². The first-order chi connectivity index (χ1) is 7.50. The minimum absolute atomic E-state index is 0. The molecule has 0 spiro atoms. The summed E-state index contributed by atoms with van der Waals surface area (Å²) in [5.74, 6) is -3.31. The zero-order chi connectivity index (χ0) is 13.6. The summed E-state index contributed by atoms with van der Waals surface area (Å²) in [5.41, 5.74) is 0. The van der Waals surface area contributed by atoms with Gasteiger partial charge in [-0.1, -0.05) is 0 Å². The molecular weight excluding hydrogens is 327 g/mol. The normalized spacial score (nSPS) is 43.1. The van der Waals surface area contributed by atoms with Crippen molar-refractivity contribution in [2.45, 2.75) is 36.3 Å². The van der Waals surface area contributed by atoms with Gasteiger partial charge in [0, 0.05) is 0 Å². The predicted octanol–water partition coefficient (Wildman–Crippen LogP) is -4.71. The number of hydrogen-bond acceptors (Lipinski definition) is 8. The Balaban J connectivity index is -0.000000120. The Hall–Kier alpha value is 1.90. The van der Waals surface area contributed by atoms with Crippen molar-refractivity contribution in [2.24, 2.45) is 0 Å². The summed E-state index contributed by atoms with van der Waals surface area (Å²) in [7, 11) is -5.32. The van der Waals surface area contributed by atoms with Crippen LogP contribution < -0.4 is 0 Å². The number of aliphatic hydroxyl groups excluding tert-OH is 5. The molecule has 0 radical (unpaired) electrons. The molecule has 0 saturated heterocycles. The Bertz CT molecular complexity index is 337. The van der Waals surface area contributed by atoms with E-state index in [1.54, 1.807) is 0 Å². The molecule has 0 aliphatic heterocycles. The number of phosphoric ester groups is 1. The molecule has 0 aromatic carbocycles. The van der Waals surface area contributed by atoms with E-state index >= 15 is 0 Å². The number of phosphoric acid groups is 1. The van der Waals surface area contributed by atoms with Gasteiger partial charge in [0.1, 0.15) is 30.5 Å². The van der Waals surface area contributed by atoms with E-state index in [9.17, 15) is 30.1 Å². The van der Waals surface area contributed by atoms with E-state index in [-0.39, 0.29) is 66.5 Å². The van der Waals surface area contributed by atoms with Crippen LogP contribution in [0.3, 0.4) is 0 Å². The molecule has 2 unspecified atom stereocenters. The molecule has 110 valence electrons. The van der Waals surface area contributed by atoms with Gasteiger partial charge in [-0.05, 0) is 0 Å². The molecule has 0 amide bonds. The first kappa shape index (κ1) is 23.2. The Kier molecular flexibility index (Phi) is 9.69. The van der Waals surface area contributed by atoms with Crippen LogP contribution in [0.4, 0.5) is 0 Å². The van der Waals surface area contributed by atoms with Crippen molar-refractivity contribution >= 4 is 68.6 Å². The van der Waals surface area contributed by atoms with Gasteiger partial charge in [-0.2, -0.15) is 0 Å². The van der Waals surface area contributed by atoms with E-state index in [1.165, 1.54) is 0 Å². The van der Waals surface area contributed by atoms with Crippen molar-refractivity contribution in [2.75, 3.05) is 0 Å². The predicted molar refractivity (Wildman–Crippen MR) is 64.1 cm³/mol. The maximum absolute atomic E-state index is 10.6. The number of hydrogen-bond donors (Lipinski definition) is 8. The molecule has 10 nitrogen and oxygen atoms in total. The second-order valence-corrected chi connectivity index (χ2v) is 4.86. The minimum Gasteiger partial charge on any atom is -1.00 e. The third-order valence-electron chi connectivity index (χ3n) is 2.46. The van der Waals surface area contributed by atoms with Crippen LogP contribution in [0, 0.1) is 0 Å². The summed E-state index contributed by atoms with van der Waals surface area (Å²) in [5, 5.41) is 55.7. The molecule has 8 N–H and O–H groups in total. The molecule has 1 rings (SSSR count). The van der Waals surface area contributed by atoms with E-state index in [0.717, 1.165) is 0 Å². The summed E-state index contributed by atoms with van der Waals surface area (Å²) < 4.78 is 14.3. The van der Waals surface area contributed by atoms with Gasteiger partial charge in [-0.25, -0.2) is 9.09 Å². The molecule has 0 aromatic rings. The number of aliphatic hydroxyl groups is 6. The van der Waals surface area contributed by atoms with Gasteiger partial charge in [0.15, 0.2) is 0 Å². The molecule has 1 fully saturated rings. The van der Waals surface area contributed by atoms with Crippen molar-refractivity contribution in [3.05, 3.63) is 0 Å². The molecule has 0 aromatic heterocycles. The van der Waals surface area contributed by atoms with Crippen molar-refractivity contribution < 1.29 is 55.2 Å². The van der Waals surface area contributed by atoms with Crippen LogP contribution in [0.2, 0.25) is 0 Å². The van der Waals surface area contributed by atoms with Gasteiger partial charge in [-0.15, -0.1) is 0 Å². The van der Waals surface area contributed by atoms with Crippen LogP contribution >= 0.6 is 7.82 Å². The quantitative estimate of drug-likeness (QED) is 0.137. The van der Waals surface area contributed by atoms with Gasteiger partial charge in [0.25, 0.3) is 0 Å². The van der Waals surface area contributed by atoms with Crippen molar-refractivity contribution in [1.29, 1.82) is 0 Å². The summed E-state index contributed by atoms with van der Waals surface area (Å²) in [6.45, 7) is 0. The molecule has 1 aliphatic carbocycles. The monoisotopic (exact) mass is 344 g/mol. The van der Waals surface area contributed by atoms with Crippen LogP contribution in [-0.2, 0) is 9.09 Å². The molecule has 0 heterocycles. The van der Waals surface area contributed by atoms with E-state index in [2.05, 4.69) is 4.52 Å². The fourth-order valence-electron chi connectivity index (χ4n) is 1.54. The molecule has 13 heteroatoms. The molecule has 1 aliphatic rings. The Morgan fingerprint density at radius 3 is 1.53 bits per heavy atom. The van der Waals surface area contributed by atoms with Crippen LogP contribution in [0.25, 0.3) is 0 Å². The van der Waals surface area contributed by atoms with E-state index < -0.39 is 44.1 Å². The summed E-state index contributed by atoms with van der Waals surface area (Å²) >= 11 is 0. The molecule has 1 saturated carbocycles. The van der Waals surface area contributed by atoms with E-state index in [0.29, 0.717) is 0 Å². The molecule has 0 bridgehead atoms. The third-order valence-corrected chi connectivity index (χ3v) is 2.99. The topological polar surface area (TPSA) is 188 Å². The van der Waals surface area contributed by atoms with Gasteiger partial charge in [0.05, 0.1) is 0 Å². The SMILES string of the molecule is O=P(O)(O)OC1(O)[C@H](O)[C@H](O)C(O)[C@H](O)[C@H]1O.[Ca+2].[H-].[H-].[H-].[H-].[Mg+2]. The number of rotatable bonds is 2. The van der Waals surface area contributed by atoms with Gasteiger partial charge in [-0.3, -0.25) is 0 Å². The van der Waals surface area contributed by atoms with E-state index in [4.69, 9.17) is 14.9 Å². The standard InChI is InChI=1S/C6H13O10P.Ca.Mg.4H/c7-1-2(8)4(10)6(12,5(11)3(1)9)16-17(13,14)15;;;;;;/h1-5,7-12H,(H2,13,14,15);;;;;;/q;2*+2;4*-1/t1?,2-,3+,4-,5-,6?;;;;;;/m1....../s1. The van der Waals surface area contributed by atoms with Crippen molar-refractivity contribution in [3.63, 3.8) is 0 Å².